The molecule has 0 spiro atoms. The summed E-state index contributed by atoms with van der Waals surface area (Å²) < 4.78 is 32.5. The van der Waals surface area contributed by atoms with Gasteiger partial charge in [0.2, 0.25) is 0 Å². The molecular weight excluding hydrogens is 400 g/mol. The molecule has 28 heavy (non-hydrogen) atoms. The molecule has 1 amide bonds. The maximum Gasteiger partial charge on any atom is 0.261 e. The first-order valence-corrected chi connectivity index (χ1v) is 10.1. The Morgan fingerprint density at radius 2 is 1.64 bits per heavy atom. The molecule has 0 fully saturated rings. The molecule has 0 radical (unpaired) electrons. The van der Waals surface area contributed by atoms with Crippen LogP contribution in [-0.2, 0) is 10.0 Å². The summed E-state index contributed by atoms with van der Waals surface area (Å²) in [4.78, 5) is 12.4. The van der Waals surface area contributed by atoms with Crippen molar-refractivity contribution in [2.75, 3.05) is 17.1 Å². The summed E-state index contributed by atoms with van der Waals surface area (Å²) in [6, 6.07) is 19.0. The van der Waals surface area contributed by atoms with E-state index in [0.29, 0.717) is 27.7 Å². The van der Waals surface area contributed by atoms with E-state index in [1.165, 1.54) is 37.4 Å². The fraction of sp³-hybridized carbons (Fsp3) is 0.0500. The average Bonchev–Trinajstić information content (AvgIpc) is 2.68. The lowest BCUT2D eigenvalue weighted by molar-refractivity contribution is 0.102. The molecule has 0 heterocycles. The number of benzene rings is 3. The summed E-state index contributed by atoms with van der Waals surface area (Å²) in [6.07, 6.45) is 0. The monoisotopic (exact) mass is 416 g/mol. The maximum absolute atomic E-state index is 12.5. The number of nitrogens with one attached hydrogen (secondary N) is 2. The van der Waals surface area contributed by atoms with Gasteiger partial charge in [0.25, 0.3) is 15.9 Å². The largest absolute Gasteiger partial charge is 0.497 e. The first-order valence-electron chi connectivity index (χ1n) is 8.21. The first kappa shape index (κ1) is 19.7. The van der Waals surface area contributed by atoms with Crippen LogP contribution in [0, 0.1) is 0 Å². The van der Waals surface area contributed by atoms with Gasteiger partial charge in [0.1, 0.15) is 5.75 Å². The standard InChI is InChI=1S/C20H17ClN2O4S/c1-27-18-7-2-4-14(12-18)20(24)22-16-8-10-19(11-9-16)28(25,26)23-17-6-3-5-15(21)13-17/h2-13,23H,1H3,(H,22,24). The van der Waals surface area contributed by atoms with Gasteiger partial charge in [-0.15, -0.1) is 0 Å². The first-order chi connectivity index (χ1) is 13.4. The number of halogens is 1. The molecular formula is C20H17ClN2O4S. The SMILES string of the molecule is COc1cccc(C(=O)Nc2ccc(S(=O)(=O)Nc3cccc(Cl)c3)cc2)c1. The van der Waals surface area contributed by atoms with Crippen LogP contribution < -0.4 is 14.8 Å². The van der Waals surface area contributed by atoms with Gasteiger partial charge in [-0.05, 0) is 60.7 Å². The van der Waals surface area contributed by atoms with Gasteiger partial charge in [-0.1, -0.05) is 23.7 Å². The number of methoxy groups -OCH3 is 1. The molecule has 0 atom stereocenters. The van der Waals surface area contributed by atoms with Gasteiger partial charge in [-0.2, -0.15) is 0 Å². The smallest absolute Gasteiger partial charge is 0.261 e. The van der Waals surface area contributed by atoms with Crippen LogP contribution in [0.25, 0.3) is 0 Å². The predicted octanol–water partition coefficient (Wildman–Crippen LogP) is 4.40. The Bertz CT molecular complexity index is 1100. The molecule has 0 aliphatic rings. The number of amides is 1. The summed E-state index contributed by atoms with van der Waals surface area (Å²) in [5.41, 5.74) is 1.26. The molecule has 0 unspecified atom stereocenters. The van der Waals surface area contributed by atoms with E-state index in [9.17, 15) is 13.2 Å². The van der Waals surface area contributed by atoms with Crippen molar-refractivity contribution in [3.63, 3.8) is 0 Å². The van der Waals surface area contributed by atoms with Crippen molar-refractivity contribution >= 4 is 38.9 Å². The Morgan fingerprint density at radius 1 is 0.929 bits per heavy atom. The van der Waals surface area contributed by atoms with Gasteiger partial charge in [-0.25, -0.2) is 8.42 Å². The number of hydrogen-bond acceptors (Lipinski definition) is 4. The van der Waals surface area contributed by atoms with Gasteiger partial charge >= 0.3 is 0 Å². The second-order valence-electron chi connectivity index (χ2n) is 5.83. The van der Waals surface area contributed by atoms with Gasteiger partial charge in [0.15, 0.2) is 0 Å². The van der Waals surface area contributed by atoms with E-state index in [0.717, 1.165) is 0 Å². The lowest BCUT2D eigenvalue weighted by atomic mass is 10.2. The molecule has 2 N–H and O–H groups in total. The van der Waals surface area contributed by atoms with E-state index in [2.05, 4.69) is 10.0 Å². The van der Waals surface area contributed by atoms with E-state index in [1.807, 2.05) is 0 Å². The Hall–Kier alpha value is -3.03. The third-order valence-electron chi connectivity index (χ3n) is 3.83. The van der Waals surface area contributed by atoms with Crippen LogP contribution in [0.4, 0.5) is 11.4 Å². The number of carbonyl (C=O) groups is 1. The third kappa shape index (κ3) is 4.82. The number of sulfonamides is 1. The number of anilines is 2. The van der Waals surface area contributed by atoms with Gasteiger partial charge in [0.05, 0.1) is 17.7 Å². The highest BCUT2D eigenvalue weighted by Crippen LogP contribution is 2.21. The molecule has 144 valence electrons. The van der Waals surface area contributed by atoms with Crippen LogP contribution in [0.5, 0.6) is 5.75 Å². The fourth-order valence-corrected chi connectivity index (χ4v) is 3.69. The summed E-state index contributed by atoms with van der Waals surface area (Å²) in [5.74, 6) is 0.243. The van der Waals surface area contributed by atoms with E-state index in [1.54, 1.807) is 42.5 Å². The molecule has 0 aliphatic carbocycles. The number of ether oxygens (including phenoxy) is 1. The second-order valence-corrected chi connectivity index (χ2v) is 7.95. The quantitative estimate of drug-likeness (QED) is 0.623. The van der Waals surface area contributed by atoms with Crippen LogP contribution in [0.3, 0.4) is 0 Å². The van der Waals surface area contributed by atoms with E-state index in [-0.39, 0.29) is 10.8 Å². The topological polar surface area (TPSA) is 84.5 Å². The van der Waals surface area contributed by atoms with Crippen molar-refractivity contribution in [1.82, 2.24) is 0 Å². The average molecular weight is 417 g/mol. The van der Waals surface area contributed by atoms with Crippen LogP contribution in [0.15, 0.2) is 77.7 Å². The van der Waals surface area contributed by atoms with E-state index >= 15 is 0 Å². The lowest BCUT2D eigenvalue weighted by Crippen LogP contribution is -2.14. The molecule has 6 nitrogen and oxygen atoms in total. The van der Waals surface area contributed by atoms with Gasteiger partial charge in [0, 0.05) is 16.3 Å². The number of rotatable bonds is 6. The minimum atomic E-state index is -3.77. The number of carbonyl (C=O) groups excluding carboxylic acids is 1. The molecule has 0 saturated heterocycles. The Labute approximate surface area is 168 Å². The lowest BCUT2D eigenvalue weighted by Gasteiger charge is -2.10. The molecule has 0 aliphatic heterocycles. The van der Waals surface area contributed by atoms with Crippen LogP contribution >= 0.6 is 11.6 Å². The molecule has 3 aromatic rings. The van der Waals surface area contributed by atoms with Gasteiger partial charge < -0.3 is 10.1 Å². The molecule has 0 saturated carbocycles. The summed E-state index contributed by atoms with van der Waals surface area (Å²) in [6.45, 7) is 0. The molecule has 3 rings (SSSR count). The van der Waals surface area contributed by atoms with Crippen LogP contribution in [0.1, 0.15) is 10.4 Å². The Balaban J connectivity index is 1.72. The van der Waals surface area contributed by atoms with Crippen molar-refractivity contribution in [1.29, 1.82) is 0 Å². The van der Waals surface area contributed by atoms with Crippen molar-refractivity contribution in [3.8, 4) is 5.75 Å². The zero-order chi connectivity index (χ0) is 20.1. The molecule has 0 bridgehead atoms. The van der Waals surface area contributed by atoms with Crippen molar-refractivity contribution < 1.29 is 17.9 Å². The normalized spacial score (nSPS) is 10.9. The van der Waals surface area contributed by atoms with Crippen molar-refractivity contribution in [3.05, 3.63) is 83.4 Å². The minimum absolute atomic E-state index is 0.0619. The minimum Gasteiger partial charge on any atom is -0.497 e. The van der Waals surface area contributed by atoms with Crippen LogP contribution in [-0.4, -0.2) is 21.4 Å². The highest BCUT2D eigenvalue weighted by atomic mass is 35.5. The molecule has 8 heteroatoms. The van der Waals surface area contributed by atoms with Crippen molar-refractivity contribution in [2.24, 2.45) is 0 Å². The summed E-state index contributed by atoms with van der Waals surface area (Å²) in [5, 5.41) is 3.14. The highest BCUT2D eigenvalue weighted by Gasteiger charge is 2.15. The molecule has 0 aromatic heterocycles. The molecule has 3 aromatic carbocycles. The van der Waals surface area contributed by atoms with E-state index in [4.69, 9.17) is 16.3 Å². The number of hydrogen-bond donors (Lipinski definition) is 2. The maximum atomic E-state index is 12.5. The van der Waals surface area contributed by atoms with E-state index < -0.39 is 10.0 Å². The summed E-state index contributed by atoms with van der Waals surface area (Å²) in [7, 11) is -2.25. The van der Waals surface area contributed by atoms with Crippen molar-refractivity contribution in [2.45, 2.75) is 4.90 Å². The highest BCUT2D eigenvalue weighted by molar-refractivity contribution is 7.92. The third-order valence-corrected chi connectivity index (χ3v) is 5.46. The fourth-order valence-electron chi connectivity index (χ4n) is 2.45. The predicted molar refractivity (Wildman–Crippen MR) is 110 cm³/mol. The zero-order valence-electron chi connectivity index (χ0n) is 14.8. The summed E-state index contributed by atoms with van der Waals surface area (Å²) >= 11 is 5.88. The Morgan fingerprint density at radius 3 is 2.32 bits per heavy atom. The van der Waals surface area contributed by atoms with Crippen LogP contribution in [0.2, 0.25) is 5.02 Å². The Kier molecular flexibility index (Phi) is 5.87. The second kappa shape index (κ2) is 8.33. The zero-order valence-corrected chi connectivity index (χ0v) is 16.4. The van der Waals surface area contributed by atoms with Gasteiger partial charge in [-0.3, -0.25) is 9.52 Å².